The lowest BCUT2D eigenvalue weighted by Crippen LogP contribution is -2.41. The van der Waals surface area contributed by atoms with Crippen molar-refractivity contribution in [3.8, 4) is 23.7 Å². The molecule has 34 heavy (non-hydrogen) atoms. The van der Waals surface area contributed by atoms with E-state index >= 15 is 0 Å². The molecule has 0 spiro atoms. The quantitative estimate of drug-likeness (QED) is 0.513. The minimum absolute atomic E-state index is 0.353. The summed E-state index contributed by atoms with van der Waals surface area (Å²) in [6.45, 7) is 16.4. The molecule has 0 bridgehead atoms. The third-order valence-corrected chi connectivity index (χ3v) is 7.35. The molecule has 0 aromatic heterocycles. The van der Waals surface area contributed by atoms with Crippen molar-refractivity contribution < 1.29 is 18.6 Å². The van der Waals surface area contributed by atoms with Crippen molar-refractivity contribution in [2.75, 3.05) is 0 Å². The summed E-state index contributed by atoms with van der Waals surface area (Å²) in [5.74, 6) is 12.1. The molecular weight excluding hydrogens is 422 g/mol. The highest BCUT2D eigenvalue weighted by atomic mass is 16.7. The molecule has 2 heterocycles. The second-order valence-electron chi connectivity index (χ2n) is 10.9. The van der Waals surface area contributed by atoms with Crippen LogP contribution in [0.2, 0.25) is 0 Å². The van der Waals surface area contributed by atoms with Crippen LogP contribution in [0.3, 0.4) is 0 Å². The van der Waals surface area contributed by atoms with Gasteiger partial charge in [-0.1, -0.05) is 36.1 Å². The Morgan fingerprint density at radius 2 is 0.735 bits per heavy atom. The SMILES string of the molecule is CC1(C)OB(c2ccc(C#CC#Cc3ccc(B4OC(C)(C)C(C)(C)O4)cc3)cc2)OC1(C)C. The van der Waals surface area contributed by atoms with Gasteiger partial charge in [-0.25, -0.2) is 0 Å². The molecule has 0 aliphatic carbocycles. The van der Waals surface area contributed by atoms with Gasteiger partial charge in [-0.15, -0.1) is 0 Å². The van der Waals surface area contributed by atoms with E-state index in [0.717, 1.165) is 22.1 Å². The van der Waals surface area contributed by atoms with Gasteiger partial charge < -0.3 is 18.6 Å². The molecule has 6 heteroatoms. The number of rotatable bonds is 2. The summed E-state index contributed by atoms with van der Waals surface area (Å²) >= 11 is 0. The summed E-state index contributed by atoms with van der Waals surface area (Å²) in [5, 5.41) is 0. The molecule has 0 amide bonds. The largest absolute Gasteiger partial charge is 0.494 e. The molecule has 2 aromatic rings. The Labute approximate surface area is 205 Å². The molecule has 0 N–H and O–H groups in total. The zero-order chi connectivity index (χ0) is 24.8. The zero-order valence-electron chi connectivity index (χ0n) is 21.4. The maximum absolute atomic E-state index is 6.10. The van der Waals surface area contributed by atoms with Crippen LogP contribution in [0.4, 0.5) is 0 Å². The Kier molecular flexibility index (Phi) is 6.26. The number of benzene rings is 2. The average Bonchev–Trinajstić information content (AvgIpc) is 3.11. The summed E-state index contributed by atoms with van der Waals surface area (Å²) < 4.78 is 24.4. The predicted molar refractivity (Wildman–Crippen MR) is 138 cm³/mol. The van der Waals surface area contributed by atoms with Gasteiger partial charge in [-0.3, -0.25) is 0 Å². The molecule has 4 rings (SSSR count). The van der Waals surface area contributed by atoms with Gasteiger partial charge in [0.1, 0.15) is 0 Å². The maximum atomic E-state index is 6.10. The van der Waals surface area contributed by atoms with E-state index in [2.05, 4.69) is 79.1 Å². The zero-order valence-corrected chi connectivity index (χ0v) is 21.4. The second kappa shape index (κ2) is 8.63. The van der Waals surface area contributed by atoms with Gasteiger partial charge in [-0.2, -0.15) is 0 Å². The van der Waals surface area contributed by atoms with Gasteiger partial charge in [0.2, 0.25) is 0 Å². The van der Waals surface area contributed by atoms with E-state index < -0.39 is 0 Å². The summed E-state index contributed by atoms with van der Waals surface area (Å²) in [5.41, 5.74) is 2.34. The van der Waals surface area contributed by atoms with Crippen LogP contribution in [0, 0.1) is 23.7 Å². The second-order valence-corrected chi connectivity index (χ2v) is 10.9. The van der Waals surface area contributed by atoms with E-state index in [1.165, 1.54) is 0 Å². The van der Waals surface area contributed by atoms with Crippen LogP contribution in [-0.4, -0.2) is 36.6 Å². The topological polar surface area (TPSA) is 36.9 Å². The van der Waals surface area contributed by atoms with Gasteiger partial charge in [0.05, 0.1) is 22.4 Å². The van der Waals surface area contributed by atoms with Crippen molar-refractivity contribution in [2.45, 2.75) is 77.8 Å². The van der Waals surface area contributed by atoms with Crippen molar-refractivity contribution in [3.05, 3.63) is 59.7 Å². The monoisotopic (exact) mass is 454 g/mol. The summed E-state index contributed by atoms with van der Waals surface area (Å²) in [4.78, 5) is 0. The van der Waals surface area contributed by atoms with Crippen LogP contribution in [0.25, 0.3) is 0 Å². The van der Waals surface area contributed by atoms with Crippen molar-refractivity contribution >= 4 is 25.2 Å². The van der Waals surface area contributed by atoms with Crippen LogP contribution < -0.4 is 10.9 Å². The van der Waals surface area contributed by atoms with E-state index in [1.54, 1.807) is 0 Å². The highest BCUT2D eigenvalue weighted by molar-refractivity contribution is 6.62. The van der Waals surface area contributed by atoms with Crippen LogP contribution in [0.5, 0.6) is 0 Å². The fourth-order valence-electron chi connectivity index (χ4n) is 3.61. The molecule has 2 aromatic carbocycles. The molecule has 2 saturated heterocycles. The van der Waals surface area contributed by atoms with Gasteiger partial charge in [-0.05, 0) is 102 Å². The fourth-order valence-corrected chi connectivity index (χ4v) is 3.61. The molecule has 2 aliphatic heterocycles. The van der Waals surface area contributed by atoms with E-state index in [4.69, 9.17) is 18.6 Å². The maximum Gasteiger partial charge on any atom is 0.494 e. The Hall–Kier alpha value is -2.47. The molecule has 174 valence electrons. The lowest BCUT2D eigenvalue weighted by molar-refractivity contribution is 0.00578. The lowest BCUT2D eigenvalue weighted by atomic mass is 9.79. The van der Waals surface area contributed by atoms with Crippen LogP contribution in [0.1, 0.15) is 66.5 Å². The molecule has 0 unspecified atom stereocenters. The van der Waals surface area contributed by atoms with E-state index in [9.17, 15) is 0 Å². The molecule has 2 aliphatic rings. The minimum atomic E-state index is -0.369. The van der Waals surface area contributed by atoms with Gasteiger partial charge in [0.15, 0.2) is 0 Å². The third kappa shape index (κ3) is 4.83. The van der Waals surface area contributed by atoms with Crippen molar-refractivity contribution in [2.24, 2.45) is 0 Å². The minimum Gasteiger partial charge on any atom is -0.399 e. The third-order valence-electron chi connectivity index (χ3n) is 7.35. The van der Waals surface area contributed by atoms with E-state index in [0.29, 0.717) is 0 Å². The average molecular weight is 454 g/mol. The molecule has 0 saturated carbocycles. The summed E-state index contributed by atoms with van der Waals surface area (Å²) in [6.07, 6.45) is 0. The smallest absolute Gasteiger partial charge is 0.399 e. The predicted octanol–water partition coefficient (Wildman–Crippen LogP) is 3.69. The standard InChI is InChI=1S/C28H32B2O4/c1-25(2)26(3,4)32-29(31-25)23-17-13-21(14-18-23)11-9-10-12-22-15-19-24(20-16-22)30-33-27(5,6)28(7,8)34-30/h13-20H,1-8H3. The first-order valence-electron chi connectivity index (χ1n) is 11.7. The Morgan fingerprint density at radius 3 is 1.00 bits per heavy atom. The summed E-state index contributed by atoms with van der Waals surface area (Å²) in [7, 11) is -0.737. The first-order valence-corrected chi connectivity index (χ1v) is 11.7. The van der Waals surface area contributed by atoms with E-state index in [1.807, 2.05) is 48.5 Å². The molecule has 4 nitrogen and oxygen atoms in total. The Bertz CT molecular complexity index is 1050. The van der Waals surface area contributed by atoms with Crippen LogP contribution >= 0.6 is 0 Å². The highest BCUT2D eigenvalue weighted by Gasteiger charge is 2.52. The normalized spacial score (nSPS) is 21.4. The fraction of sp³-hybridized carbons (Fsp3) is 0.429. The molecule has 2 fully saturated rings. The lowest BCUT2D eigenvalue weighted by Gasteiger charge is -2.32. The van der Waals surface area contributed by atoms with Crippen LogP contribution in [-0.2, 0) is 18.6 Å². The first kappa shape index (κ1) is 24.6. The highest BCUT2D eigenvalue weighted by Crippen LogP contribution is 2.37. The first-order chi connectivity index (χ1) is 15.8. The van der Waals surface area contributed by atoms with Crippen molar-refractivity contribution in [1.29, 1.82) is 0 Å². The van der Waals surface area contributed by atoms with Crippen LogP contribution in [0.15, 0.2) is 48.5 Å². The van der Waals surface area contributed by atoms with Crippen molar-refractivity contribution in [1.82, 2.24) is 0 Å². The molecule has 0 radical (unpaired) electrons. The van der Waals surface area contributed by atoms with Gasteiger partial charge in [0, 0.05) is 11.1 Å². The Balaban J connectivity index is 1.37. The number of hydrogen-bond acceptors (Lipinski definition) is 4. The van der Waals surface area contributed by atoms with Gasteiger partial charge >= 0.3 is 14.2 Å². The summed E-state index contributed by atoms with van der Waals surface area (Å²) in [6, 6.07) is 15.8. The van der Waals surface area contributed by atoms with Gasteiger partial charge in [0.25, 0.3) is 0 Å². The van der Waals surface area contributed by atoms with Crippen molar-refractivity contribution in [3.63, 3.8) is 0 Å². The Morgan fingerprint density at radius 1 is 0.471 bits per heavy atom. The van der Waals surface area contributed by atoms with E-state index in [-0.39, 0.29) is 36.6 Å². The number of hydrogen-bond donors (Lipinski definition) is 0. The molecular formula is C28H32B2O4. The molecule has 0 atom stereocenters.